The van der Waals surface area contributed by atoms with E-state index in [2.05, 4.69) is 0 Å². The molecule has 64 valence electrons. The van der Waals surface area contributed by atoms with Gasteiger partial charge in [-0.25, -0.2) is 0 Å². The SMILES string of the molecule is N#Cc1ccc(C=O)c2c1OCO2. The van der Waals surface area contributed by atoms with Gasteiger partial charge in [-0.2, -0.15) is 5.26 Å². The monoisotopic (exact) mass is 175 g/mol. The highest BCUT2D eigenvalue weighted by molar-refractivity contribution is 5.82. The van der Waals surface area contributed by atoms with Crippen molar-refractivity contribution in [3.05, 3.63) is 23.3 Å². The van der Waals surface area contributed by atoms with E-state index < -0.39 is 0 Å². The zero-order valence-corrected chi connectivity index (χ0v) is 6.61. The van der Waals surface area contributed by atoms with Gasteiger partial charge in [0, 0.05) is 0 Å². The highest BCUT2D eigenvalue weighted by atomic mass is 16.7. The van der Waals surface area contributed by atoms with E-state index in [1.165, 1.54) is 6.07 Å². The average Bonchev–Trinajstić information content (AvgIpc) is 2.64. The lowest BCUT2D eigenvalue weighted by Crippen LogP contribution is -1.94. The van der Waals surface area contributed by atoms with E-state index in [4.69, 9.17) is 14.7 Å². The van der Waals surface area contributed by atoms with Crippen LogP contribution >= 0.6 is 0 Å². The summed E-state index contributed by atoms with van der Waals surface area (Å²) in [5, 5.41) is 8.69. The number of nitrogens with zero attached hydrogens (tertiary/aromatic N) is 1. The van der Waals surface area contributed by atoms with Crippen molar-refractivity contribution < 1.29 is 14.3 Å². The van der Waals surface area contributed by atoms with E-state index in [-0.39, 0.29) is 6.79 Å². The summed E-state index contributed by atoms with van der Waals surface area (Å²) in [6.45, 7) is 0.0644. The van der Waals surface area contributed by atoms with E-state index in [1.807, 2.05) is 6.07 Å². The Morgan fingerprint density at radius 3 is 2.85 bits per heavy atom. The van der Waals surface area contributed by atoms with Crippen molar-refractivity contribution in [2.24, 2.45) is 0 Å². The minimum absolute atomic E-state index is 0.0644. The van der Waals surface area contributed by atoms with Crippen molar-refractivity contribution in [3.63, 3.8) is 0 Å². The maximum absolute atomic E-state index is 10.5. The minimum atomic E-state index is 0.0644. The van der Waals surface area contributed by atoms with Crippen LogP contribution in [0.25, 0.3) is 0 Å². The molecule has 2 rings (SSSR count). The van der Waals surface area contributed by atoms with Crippen molar-refractivity contribution in [3.8, 4) is 17.6 Å². The number of hydrogen-bond acceptors (Lipinski definition) is 4. The maximum atomic E-state index is 10.5. The van der Waals surface area contributed by atoms with E-state index in [0.717, 1.165) is 0 Å². The number of benzene rings is 1. The fraction of sp³-hybridized carbons (Fsp3) is 0.111. The first kappa shape index (κ1) is 7.62. The van der Waals surface area contributed by atoms with Crippen LogP contribution in [0.4, 0.5) is 0 Å². The summed E-state index contributed by atoms with van der Waals surface area (Å²) in [6.07, 6.45) is 0.675. The lowest BCUT2D eigenvalue weighted by Gasteiger charge is -1.99. The molecule has 1 aliphatic heterocycles. The quantitative estimate of drug-likeness (QED) is 0.599. The third-order valence-electron chi connectivity index (χ3n) is 1.80. The zero-order valence-electron chi connectivity index (χ0n) is 6.61. The molecule has 0 radical (unpaired) electrons. The number of nitriles is 1. The number of carbonyl (C=O) groups is 1. The van der Waals surface area contributed by atoms with Crippen molar-refractivity contribution in [1.29, 1.82) is 5.26 Å². The molecule has 0 aromatic heterocycles. The van der Waals surface area contributed by atoms with Crippen LogP contribution in [0.1, 0.15) is 15.9 Å². The first-order valence-corrected chi connectivity index (χ1v) is 3.64. The van der Waals surface area contributed by atoms with E-state index >= 15 is 0 Å². The Morgan fingerprint density at radius 2 is 2.15 bits per heavy atom. The highest BCUT2D eigenvalue weighted by Crippen LogP contribution is 2.37. The van der Waals surface area contributed by atoms with Gasteiger partial charge < -0.3 is 9.47 Å². The predicted octanol–water partition coefficient (Wildman–Crippen LogP) is 1.10. The molecule has 0 bridgehead atoms. The molecule has 0 spiro atoms. The molecule has 0 unspecified atom stereocenters. The van der Waals surface area contributed by atoms with E-state index in [9.17, 15) is 4.79 Å². The van der Waals surface area contributed by atoms with Crippen LogP contribution in [0, 0.1) is 11.3 Å². The van der Waals surface area contributed by atoms with Gasteiger partial charge in [-0.05, 0) is 12.1 Å². The fourth-order valence-electron chi connectivity index (χ4n) is 1.20. The number of rotatable bonds is 1. The first-order valence-electron chi connectivity index (χ1n) is 3.64. The topological polar surface area (TPSA) is 59.3 Å². The van der Waals surface area contributed by atoms with Crippen LogP contribution in [-0.2, 0) is 0 Å². The summed E-state index contributed by atoms with van der Waals surface area (Å²) >= 11 is 0. The molecule has 0 atom stereocenters. The predicted molar refractivity (Wildman–Crippen MR) is 42.7 cm³/mol. The summed E-state index contributed by atoms with van der Waals surface area (Å²) in [4.78, 5) is 10.5. The van der Waals surface area contributed by atoms with Gasteiger partial charge in [0.15, 0.2) is 17.8 Å². The van der Waals surface area contributed by atoms with E-state index in [1.54, 1.807) is 6.07 Å². The Kier molecular flexibility index (Phi) is 1.64. The van der Waals surface area contributed by atoms with Crippen molar-refractivity contribution >= 4 is 6.29 Å². The first-order chi connectivity index (χ1) is 6.36. The smallest absolute Gasteiger partial charge is 0.231 e. The minimum Gasteiger partial charge on any atom is -0.453 e. The summed E-state index contributed by atoms with van der Waals surface area (Å²) < 4.78 is 10.1. The van der Waals surface area contributed by atoms with Crippen LogP contribution < -0.4 is 9.47 Å². The fourth-order valence-corrected chi connectivity index (χ4v) is 1.20. The van der Waals surface area contributed by atoms with Crippen LogP contribution in [0.15, 0.2) is 12.1 Å². The summed E-state index contributed by atoms with van der Waals surface area (Å²) in [5.41, 5.74) is 0.796. The number of aldehydes is 1. The summed E-state index contributed by atoms with van der Waals surface area (Å²) in [5.74, 6) is 0.737. The zero-order chi connectivity index (χ0) is 9.26. The molecule has 0 saturated carbocycles. The molecule has 13 heavy (non-hydrogen) atoms. The van der Waals surface area contributed by atoms with Gasteiger partial charge in [0.25, 0.3) is 0 Å². The van der Waals surface area contributed by atoms with Crippen molar-refractivity contribution in [1.82, 2.24) is 0 Å². The molecule has 4 nitrogen and oxygen atoms in total. The van der Waals surface area contributed by atoms with Crippen molar-refractivity contribution in [2.45, 2.75) is 0 Å². The third kappa shape index (κ3) is 1.02. The van der Waals surface area contributed by atoms with Gasteiger partial charge in [0.1, 0.15) is 6.07 Å². The average molecular weight is 175 g/mol. The Balaban J connectivity index is 2.67. The second-order valence-electron chi connectivity index (χ2n) is 2.50. The van der Waals surface area contributed by atoms with Crippen LogP contribution in [0.2, 0.25) is 0 Å². The molecule has 1 aliphatic rings. The molecule has 0 N–H and O–H groups in total. The lowest BCUT2D eigenvalue weighted by atomic mass is 10.1. The van der Waals surface area contributed by atoms with Gasteiger partial charge in [-0.1, -0.05) is 0 Å². The van der Waals surface area contributed by atoms with Crippen LogP contribution in [0.5, 0.6) is 11.5 Å². The normalized spacial score (nSPS) is 12.2. The molecule has 0 amide bonds. The Labute approximate surface area is 74.3 Å². The molecule has 4 heteroatoms. The number of ether oxygens (including phenoxy) is 2. The van der Waals surface area contributed by atoms with Gasteiger partial charge in [-0.15, -0.1) is 0 Å². The van der Waals surface area contributed by atoms with Crippen molar-refractivity contribution in [2.75, 3.05) is 6.79 Å². The largest absolute Gasteiger partial charge is 0.453 e. The standard InChI is InChI=1S/C9H5NO3/c10-3-6-1-2-7(4-11)9-8(6)12-5-13-9/h1-2,4H,5H2. The molecular weight excluding hydrogens is 170 g/mol. The number of hydrogen-bond donors (Lipinski definition) is 0. The van der Waals surface area contributed by atoms with Crippen LogP contribution in [-0.4, -0.2) is 13.1 Å². The van der Waals surface area contributed by atoms with E-state index in [0.29, 0.717) is 28.9 Å². The molecule has 1 aromatic carbocycles. The molecule has 0 saturated heterocycles. The Hall–Kier alpha value is -2.02. The van der Waals surface area contributed by atoms with Crippen LogP contribution in [0.3, 0.4) is 0 Å². The van der Waals surface area contributed by atoms with Gasteiger partial charge in [-0.3, -0.25) is 4.79 Å². The van der Waals surface area contributed by atoms with Gasteiger partial charge in [0.2, 0.25) is 6.79 Å². The maximum Gasteiger partial charge on any atom is 0.231 e. The highest BCUT2D eigenvalue weighted by Gasteiger charge is 2.21. The lowest BCUT2D eigenvalue weighted by molar-refractivity contribution is 0.111. The molecule has 1 aromatic rings. The molecule has 0 aliphatic carbocycles. The molecular formula is C9H5NO3. The summed E-state index contributed by atoms with van der Waals surface area (Å²) in [6, 6.07) is 5.04. The molecule has 1 heterocycles. The number of fused-ring (bicyclic) bond motifs is 1. The third-order valence-corrected chi connectivity index (χ3v) is 1.80. The Morgan fingerprint density at radius 1 is 1.38 bits per heavy atom. The Bertz CT molecular complexity index is 406. The van der Waals surface area contributed by atoms with Gasteiger partial charge >= 0.3 is 0 Å². The summed E-state index contributed by atoms with van der Waals surface area (Å²) in [7, 11) is 0. The number of carbonyl (C=O) groups excluding carboxylic acids is 1. The van der Waals surface area contributed by atoms with Gasteiger partial charge in [0.05, 0.1) is 11.1 Å². The second-order valence-corrected chi connectivity index (χ2v) is 2.50. The molecule has 0 fully saturated rings. The second kappa shape index (κ2) is 2.79.